The molecule has 0 unspecified atom stereocenters. The van der Waals surface area contributed by atoms with Gasteiger partial charge in [-0.3, -0.25) is 0 Å². The Hall–Kier alpha value is -2.26. The maximum absolute atomic E-state index is 3.62. The van der Waals surface area contributed by atoms with Gasteiger partial charge in [0.15, 0.2) is 0 Å². The van der Waals surface area contributed by atoms with Crippen LogP contribution in [0.3, 0.4) is 0 Å². The van der Waals surface area contributed by atoms with Crippen LogP contribution in [-0.2, 0) is 0 Å². The number of H-pyrrole nitrogens is 1. The molecule has 3 aromatic rings. The van der Waals surface area contributed by atoms with Gasteiger partial charge in [0, 0.05) is 42.6 Å². The molecule has 2 aromatic carbocycles. The van der Waals surface area contributed by atoms with Gasteiger partial charge in [-0.05, 0) is 6.07 Å². The SMILES string of the molecule is c1ccc(-c2[nH]c3ccccc3c2N2CCNCC2)cc1. The van der Waals surface area contributed by atoms with Gasteiger partial charge in [-0.1, -0.05) is 48.5 Å². The van der Waals surface area contributed by atoms with Crippen LogP contribution in [-0.4, -0.2) is 31.2 Å². The smallest absolute Gasteiger partial charge is 0.0707 e. The van der Waals surface area contributed by atoms with Crippen LogP contribution in [0.1, 0.15) is 0 Å². The zero-order chi connectivity index (χ0) is 14.1. The van der Waals surface area contributed by atoms with Gasteiger partial charge in [-0.15, -0.1) is 0 Å². The number of benzene rings is 2. The number of hydrogen-bond donors (Lipinski definition) is 2. The molecule has 2 heterocycles. The second kappa shape index (κ2) is 5.26. The molecule has 3 heteroatoms. The number of nitrogens with one attached hydrogen (secondary N) is 2. The first kappa shape index (κ1) is 12.5. The Kier molecular flexibility index (Phi) is 3.13. The van der Waals surface area contributed by atoms with Crippen molar-refractivity contribution in [1.82, 2.24) is 10.3 Å². The standard InChI is InChI=1S/C18H19N3/c1-2-6-14(7-3-1)17-18(21-12-10-19-11-13-21)15-8-4-5-9-16(15)20-17/h1-9,19-20H,10-13H2. The number of aromatic nitrogens is 1. The van der Waals surface area contributed by atoms with Gasteiger partial charge >= 0.3 is 0 Å². The Labute approximate surface area is 124 Å². The normalized spacial score (nSPS) is 15.5. The van der Waals surface area contributed by atoms with Crippen molar-refractivity contribution in [1.29, 1.82) is 0 Å². The summed E-state index contributed by atoms with van der Waals surface area (Å²) in [5.74, 6) is 0. The van der Waals surface area contributed by atoms with Crippen LogP contribution in [0.25, 0.3) is 22.2 Å². The zero-order valence-electron chi connectivity index (χ0n) is 12.0. The fourth-order valence-corrected chi connectivity index (χ4v) is 3.16. The minimum Gasteiger partial charge on any atom is -0.367 e. The van der Waals surface area contributed by atoms with E-state index in [9.17, 15) is 0 Å². The number of nitrogens with zero attached hydrogens (tertiary/aromatic N) is 1. The summed E-state index contributed by atoms with van der Waals surface area (Å²) in [4.78, 5) is 6.11. The molecule has 106 valence electrons. The molecule has 0 spiro atoms. The highest BCUT2D eigenvalue weighted by Gasteiger charge is 2.20. The van der Waals surface area contributed by atoms with E-state index < -0.39 is 0 Å². The number of rotatable bonds is 2. The number of piperazine rings is 1. The molecule has 1 aromatic heterocycles. The molecule has 1 aliphatic rings. The third-order valence-corrected chi connectivity index (χ3v) is 4.17. The third-order valence-electron chi connectivity index (χ3n) is 4.17. The van der Waals surface area contributed by atoms with E-state index in [0.717, 1.165) is 26.2 Å². The van der Waals surface area contributed by atoms with Gasteiger partial charge < -0.3 is 15.2 Å². The van der Waals surface area contributed by atoms with Crippen molar-refractivity contribution in [3.8, 4) is 11.3 Å². The first-order chi connectivity index (χ1) is 10.4. The molecule has 1 aliphatic heterocycles. The van der Waals surface area contributed by atoms with Crippen molar-refractivity contribution < 1.29 is 0 Å². The van der Waals surface area contributed by atoms with Gasteiger partial charge in [0.2, 0.25) is 0 Å². The lowest BCUT2D eigenvalue weighted by molar-refractivity contribution is 0.590. The number of anilines is 1. The van der Waals surface area contributed by atoms with Crippen LogP contribution in [0.2, 0.25) is 0 Å². The fraction of sp³-hybridized carbons (Fsp3) is 0.222. The molecule has 0 bridgehead atoms. The molecule has 21 heavy (non-hydrogen) atoms. The molecule has 0 aliphatic carbocycles. The lowest BCUT2D eigenvalue weighted by Crippen LogP contribution is -2.43. The first-order valence-electron chi connectivity index (χ1n) is 7.55. The number of fused-ring (bicyclic) bond motifs is 1. The summed E-state index contributed by atoms with van der Waals surface area (Å²) < 4.78 is 0. The van der Waals surface area contributed by atoms with E-state index in [1.807, 2.05) is 0 Å². The number of para-hydroxylation sites is 1. The molecule has 1 fully saturated rings. The Morgan fingerprint density at radius 2 is 1.52 bits per heavy atom. The maximum atomic E-state index is 3.62. The highest BCUT2D eigenvalue weighted by Crippen LogP contribution is 2.37. The van der Waals surface area contributed by atoms with E-state index in [1.165, 1.54) is 27.8 Å². The van der Waals surface area contributed by atoms with E-state index in [2.05, 4.69) is 69.8 Å². The van der Waals surface area contributed by atoms with Gasteiger partial charge in [0.25, 0.3) is 0 Å². The summed E-state index contributed by atoms with van der Waals surface area (Å²) in [6, 6.07) is 19.2. The molecular formula is C18H19N3. The second-order valence-corrected chi connectivity index (χ2v) is 5.50. The first-order valence-corrected chi connectivity index (χ1v) is 7.55. The minimum absolute atomic E-state index is 1.05. The summed E-state index contributed by atoms with van der Waals surface area (Å²) in [6.07, 6.45) is 0. The second-order valence-electron chi connectivity index (χ2n) is 5.50. The van der Waals surface area contributed by atoms with Crippen LogP contribution in [0.5, 0.6) is 0 Å². The zero-order valence-corrected chi connectivity index (χ0v) is 12.0. The maximum Gasteiger partial charge on any atom is 0.0707 e. The van der Waals surface area contributed by atoms with Crippen LogP contribution in [0, 0.1) is 0 Å². The topological polar surface area (TPSA) is 31.1 Å². The monoisotopic (exact) mass is 277 g/mol. The highest BCUT2D eigenvalue weighted by molar-refractivity contribution is 6.01. The lowest BCUT2D eigenvalue weighted by Gasteiger charge is -2.30. The Morgan fingerprint density at radius 1 is 0.810 bits per heavy atom. The van der Waals surface area contributed by atoms with Crippen LogP contribution in [0.15, 0.2) is 54.6 Å². The molecule has 0 atom stereocenters. The van der Waals surface area contributed by atoms with Crippen LogP contribution < -0.4 is 10.2 Å². The summed E-state index contributed by atoms with van der Waals surface area (Å²) in [7, 11) is 0. The van der Waals surface area contributed by atoms with Crippen LogP contribution >= 0.6 is 0 Å². The van der Waals surface area contributed by atoms with E-state index in [-0.39, 0.29) is 0 Å². The molecule has 1 saturated heterocycles. The predicted molar refractivity (Wildman–Crippen MR) is 88.8 cm³/mol. The van der Waals surface area contributed by atoms with Gasteiger partial charge in [0.05, 0.1) is 11.4 Å². The van der Waals surface area contributed by atoms with E-state index in [4.69, 9.17) is 0 Å². The van der Waals surface area contributed by atoms with Gasteiger partial charge in [-0.25, -0.2) is 0 Å². The molecule has 3 nitrogen and oxygen atoms in total. The fourth-order valence-electron chi connectivity index (χ4n) is 3.16. The molecule has 2 N–H and O–H groups in total. The summed E-state index contributed by atoms with van der Waals surface area (Å²) >= 11 is 0. The van der Waals surface area contributed by atoms with E-state index in [0.29, 0.717) is 0 Å². The summed E-state index contributed by atoms with van der Waals surface area (Å²) in [5, 5.41) is 4.75. The lowest BCUT2D eigenvalue weighted by atomic mass is 10.1. The van der Waals surface area contributed by atoms with Crippen molar-refractivity contribution in [2.45, 2.75) is 0 Å². The molecular weight excluding hydrogens is 258 g/mol. The van der Waals surface area contributed by atoms with Crippen molar-refractivity contribution in [3.05, 3.63) is 54.6 Å². The largest absolute Gasteiger partial charge is 0.367 e. The van der Waals surface area contributed by atoms with E-state index in [1.54, 1.807) is 0 Å². The average molecular weight is 277 g/mol. The molecule has 0 radical (unpaired) electrons. The van der Waals surface area contributed by atoms with Crippen molar-refractivity contribution in [2.24, 2.45) is 0 Å². The minimum atomic E-state index is 1.05. The predicted octanol–water partition coefficient (Wildman–Crippen LogP) is 3.24. The third kappa shape index (κ3) is 2.20. The number of hydrogen-bond acceptors (Lipinski definition) is 2. The Balaban J connectivity index is 1.92. The molecule has 0 amide bonds. The van der Waals surface area contributed by atoms with Crippen LogP contribution in [0.4, 0.5) is 5.69 Å². The van der Waals surface area contributed by atoms with Crippen molar-refractivity contribution in [2.75, 3.05) is 31.1 Å². The van der Waals surface area contributed by atoms with Crippen molar-refractivity contribution in [3.63, 3.8) is 0 Å². The summed E-state index contributed by atoms with van der Waals surface area (Å²) in [5.41, 5.74) is 5.05. The highest BCUT2D eigenvalue weighted by atomic mass is 15.2. The van der Waals surface area contributed by atoms with Gasteiger partial charge in [-0.2, -0.15) is 0 Å². The van der Waals surface area contributed by atoms with Crippen molar-refractivity contribution >= 4 is 16.6 Å². The molecule has 4 rings (SSSR count). The van der Waals surface area contributed by atoms with Gasteiger partial charge in [0.1, 0.15) is 0 Å². The summed E-state index contributed by atoms with van der Waals surface area (Å²) in [6.45, 7) is 4.21. The Bertz CT molecular complexity index is 740. The van der Waals surface area contributed by atoms with E-state index >= 15 is 0 Å². The quantitative estimate of drug-likeness (QED) is 0.753. The Morgan fingerprint density at radius 3 is 2.33 bits per heavy atom. The molecule has 0 saturated carbocycles. The number of aromatic amines is 1. The average Bonchev–Trinajstić information content (AvgIpc) is 2.96.